The van der Waals surface area contributed by atoms with Gasteiger partial charge in [0.25, 0.3) is 0 Å². The van der Waals surface area contributed by atoms with Gasteiger partial charge in [-0.25, -0.2) is 4.68 Å². The third-order valence-corrected chi connectivity index (χ3v) is 7.17. The van der Waals surface area contributed by atoms with E-state index in [0.29, 0.717) is 6.73 Å². The maximum absolute atomic E-state index is 10.1. The van der Waals surface area contributed by atoms with Crippen LogP contribution in [-0.2, 0) is 11.5 Å². The standard InChI is InChI=1S/C24H30N2O3Si/c1-17-11-19(21(15-27)23-13-18-7-5-6-8-22(18)29-23)12-20-14-26(25-24(17)20)16-28-9-10-30(2,3)4/h5-8,11-14,21,27H,9-10,15-16H2,1-4H3. The smallest absolute Gasteiger partial charge is 0.139 e. The number of aryl methyl sites for hydroxylation is 1. The summed E-state index contributed by atoms with van der Waals surface area (Å²) in [4.78, 5) is 0. The second kappa shape index (κ2) is 8.38. The van der Waals surface area contributed by atoms with Crippen molar-refractivity contribution in [3.05, 3.63) is 65.5 Å². The molecule has 4 aromatic rings. The van der Waals surface area contributed by atoms with E-state index in [2.05, 4.69) is 38.7 Å². The number of nitrogens with zero attached hydrogens (tertiary/aromatic N) is 2. The Labute approximate surface area is 178 Å². The minimum Gasteiger partial charge on any atom is -0.460 e. The Bertz CT molecular complexity index is 1120. The summed E-state index contributed by atoms with van der Waals surface area (Å²) < 4.78 is 13.7. The van der Waals surface area contributed by atoms with Crippen LogP contribution in [0.2, 0.25) is 25.7 Å². The molecule has 5 nitrogen and oxygen atoms in total. The van der Waals surface area contributed by atoms with E-state index in [-0.39, 0.29) is 12.5 Å². The van der Waals surface area contributed by atoms with Crippen molar-refractivity contribution in [2.45, 2.75) is 45.3 Å². The Morgan fingerprint density at radius 3 is 2.67 bits per heavy atom. The number of hydrogen-bond acceptors (Lipinski definition) is 4. The third kappa shape index (κ3) is 4.51. The van der Waals surface area contributed by atoms with E-state index in [1.54, 1.807) is 0 Å². The Kier molecular flexibility index (Phi) is 5.82. The van der Waals surface area contributed by atoms with E-state index in [1.165, 1.54) is 0 Å². The number of hydrogen-bond donors (Lipinski definition) is 1. The normalized spacial score (nSPS) is 13.4. The van der Waals surface area contributed by atoms with E-state index in [1.807, 2.05) is 41.2 Å². The highest BCUT2D eigenvalue weighted by Crippen LogP contribution is 2.32. The Balaban J connectivity index is 1.58. The van der Waals surface area contributed by atoms with Crippen molar-refractivity contribution in [3.63, 3.8) is 0 Å². The highest BCUT2D eigenvalue weighted by atomic mass is 28.3. The number of benzene rings is 2. The van der Waals surface area contributed by atoms with Crippen LogP contribution in [0.5, 0.6) is 0 Å². The van der Waals surface area contributed by atoms with E-state index >= 15 is 0 Å². The predicted octanol–water partition coefficient (Wildman–Crippen LogP) is 5.53. The topological polar surface area (TPSA) is 60.4 Å². The molecule has 2 aromatic carbocycles. The number of aliphatic hydroxyl groups excluding tert-OH is 1. The molecule has 0 amide bonds. The van der Waals surface area contributed by atoms with Gasteiger partial charge in [-0.05, 0) is 42.3 Å². The maximum atomic E-state index is 10.1. The van der Waals surface area contributed by atoms with Crippen LogP contribution in [0, 0.1) is 6.92 Å². The molecule has 6 heteroatoms. The van der Waals surface area contributed by atoms with Gasteiger partial charge in [-0.3, -0.25) is 0 Å². The van der Waals surface area contributed by atoms with Crippen LogP contribution in [0.15, 0.2) is 53.1 Å². The predicted molar refractivity (Wildman–Crippen MR) is 124 cm³/mol. The van der Waals surface area contributed by atoms with Crippen LogP contribution >= 0.6 is 0 Å². The number of fused-ring (bicyclic) bond motifs is 2. The number of rotatable bonds is 8. The van der Waals surface area contributed by atoms with E-state index < -0.39 is 8.07 Å². The molecule has 0 saturated heterocycles. The first-order valence-corrected chi connectivity index (χ1v) is 14.2. The molecule has 1 N–H and O–H groups in total. The number of aromatic nitrogens is 2. The monoisotopic (exact) mass is 422 g/mol. The first kappa shape index (κ1) is 20.8. The Morgan fingerprint density at radius 2 is 1.93 bits per heavy atom. The number of aliphatic hydroxyl groups is 1. The second-order valence-electron chi connectivity index (χ2n) is 9.21. The van der Waals surface area contributed by atoms with Crippen molar-refractivity contribution in [2.75, 3.05) is 13.2 Å². The summed E-state index contributed by atoms with van der Waals surface area (Å²) in [5.41, 5.74) is 3.92. The molecular formula is C24H30N2O3Si. The molecule has 158 valence electrons. The summed E-state index contributed by atoms with van der Waals surface area (Å²) in [6, 6.07) is 15.3. The molecule has 2 heterocycles. The van der Waals surface area contributed by atoms with Gasteiger partial charge in [0.2, 0.25) is 0 Å². The fourth-order valence-electron chi connectivity index (χ4n) is 3.73. The Morgan fingerprint density at radius 1 is 1.13 bits per heavy atom. The third-order valence-electron chi connectivity index (χ3n) is 5.46. The summed E-state index contributed by atoms with van der Waals surface area (Å²) in [5, 5.41) is 16.9. The average Bonchev–Trinajstić information content (AvgIpc) is 3.29. The van der Waals surface area contributed by atoms with Gasteiger partial charge in [0.1, 0.15) is 18.1 Å². The summed E-state index contributed by atoms with van der Waals surface area (Å²) in [5.74, 6) is 0.566. The van der Waals surface area contributed by atoms with Crippen LogP contribution < -0.4 is 0 Å². The molecule has 30 heavy (non-hydrogen) atoms. The summed E-state index contributed by atoms with van der Waals surface area (Å²) in [6.45, 7) is 10.3. The largest absolute Gasteiger partial charge is 0.460 e. The van der Waals surface area contributed by atoms with Crippen molar-refractivity contribution in [3.8, 4) is 0 Å². The lowest BCUT2D eigenvalue weighted by atomic mass is 9.94. The van der Waals surface area contributed by atoms with E-state index in [4.69, 9.17) is 14.3 Å². The fourth-order valence-corrected chi connectivity index (χ4v) is 4.48. The maximum Gasteiger partial charge on any atom is 0.139 e. The zero-order chi connectivity index (χ0) is 21.3. The molecule has 1 atom stereocenters. The summed E-state index contributed by atoms with van der Waals surface area (Å²) in [6.07, 6.45) is 2.02. The van der Waals surface area contributed by atoms with Gasteiger partial charge >= 0.3 is 0 Å². The van der Waals surface area contributed by atoms with Crippen LogP contribution in [-0.4, -0.2) is 36.2 Å². The van der Waals surface area contributed by atoms with E-state index in [9.17, 15) is 5.11 Å². The molecule has 0 aliphatic rings. The van der Waals surface area contributed by atoms with Crippen molar-refractivity contribution >= 4 is 29.9 Å². The second-order valence-corrected chi connectivity index (χ2v) is 14.8. The lowest BCUT2D eigenvalue weighted by molar-refractivity contribution is 0.0791. The highest BCUT2D eigenvalue weighted by Gasteiger charge is 2.20. The molecule has 4 rings (SSSR count). The van der Waals surface area contributed by atoms with Gasteiger partial charge in [0, 0.05) is 31.7 Å². The molecule has 0 bridgehead atoms. The average molecular weight is 423 g/mol. The first-order chi connectivity index (χ1) is 14.3. The van der Waals surface area contributed by atoms with Crippen molar-refractivity contribution < 1.29 is 14.3 Å². The SMILES string of the molecule is Cc1cc(C(CO)c2cc3ccccc3o2)cc2cn(COCC[Si](C)(C)C)nc12. The number of furan rings is 1. The fraction of sp³-hybridized carbons (Fsp3) is 0.375. The van der Waals surface area contributed by atoms with Crippen LogP contribution in [0.4, 0.5) is 0 Å². The summed E-state index contributed by atoms with van der Waals surface area (Å²) >= 11 is 0. The molecule has 0 spiro atoms. The lowest BCUT2D eigenvalue weighted by Gasteiger charge is -2.15. The van der Waals surface area contributed by atoms with Crippen molar-refractivity contribution in [2.24, 2.45) is 0 Å². The molecule has 2 aromatic heterocycles. The van der Waals surface area contributed by atoms with E-state index in [0.717, 1.165) is 51.4 Å². The van der Waals surface area contributed by atoms with Crippen LogP contribution in [0.25, 0.3) is 21.9 Å². The molecule has 0 saturated carbocycles. The van der Waals surface area contributed by atoms with Gasteiger partial charge in [-0.15, -0.1) is 0 Å². The quantitative estimate of drug-likeness (QED) is 0.300. The van der Waals surface area contributed by atoms with Gasteiger partial charge < -0.3 is 14.3 Å². The van der Waals surface area contributed by atoms with Gasteiger partial charge in [0.05, 0.1) is 18.0 Å². The number of ether oxygens (including phenoxy) is 1. The zero-order valence-corrected chi connectivity index (χ0v) is 19.2. The zero-order valence-electron chi connectivity index (χ0n) is 18.2. The molecule has 0 aliphatic heterocycles. The molecule has 1 unspecified atom stereocenters. The minimum absolute atomic E-state index is 0.0152. The highest BCUT2D eigenvalue weighted by molar-refractivity contribution is 6.76. The van der Waals surface area contributed by atoms with Crippen LogP contribution in [0.1, 0.15) is 22.8 Å². The van der Waals surface area contributed by atoms with Gasteiger partial charge in [-0.1, -0.05) is 43.9 Å². The minimum atomic E-state index is -1.09. The molecule has 0 fully saturated rings. The Hall–Kier alpha value is -2.41. The van der Waals surface area contributed by atoms with Gasteiger partial charge in [0.15, 0.2) is 0 Å². The van der Waals surface area contributed by atoms with Crippen molar-refractivity contribution in [1.82, 2.24) is 9.78 Å². The molecule has 0 radical (unpaired) electrons. The van der Waals surface area contributed by atoms with Crippen LogP contribution in [0.3, 0.4) is 0 Å². The lowest BCUT2D eigenvalue weighted by Crippen LogP contribution is -2.22. The van der Waals surface area contributed by atoms with Crippen molar-refractivity contribution in [1.29, 1.82) is 0 Å². The molecular weight excluding hydrogens is 392 g/mol. The van der Waals surface area contributed by atoms with Gasteiger partial charge in [-0.2, -0.15) is 5.10 Å². The number of para-hydroxylation sites is 1. The first-order valence-electron chi connectivity index (χ1n) is 10.5. The molecule has 0 aliphatic carbocycles. The summed E-state index contributed by atoms with van der Waals surface area (Å²) in [7, 11) is -1.09.